The van der Waals surface area contributed by atoms with Crippen LogP contribution in [0.4, 0.5) is 0 Å². The van der Waals surface area contributed by atoms with Crippen LogP contribution in [-0.4, -0.2) is 17.0 Å². The van der Waals surface area contributed by atoms with E-state index in [1.54, 1.807) is 24.3 Å². The van der Waals surface area contributed by atoms with Crippen LogP contribution in [0.2, 0.25) is 0 Å². The van der Waals surface area contributed by atoms with Crippen molar-refractivity contribution >= 4 is 11.9 Å². The molecule has 0 saturated heterocycles. The summed E-state index contributed by atoms with van der Waals surface area (Å²) >= 11 is 0. The molecule has 4 heteroatoms. The summed E-state index contributed by atoms with van der Waals surface area (Å²) in [6, 6.07) is 47.2. The predicted octanol–water partition coefficient (Wildman–Crippen LogP) is 9.04. The summed E-state index contributed by atoms with van der Waals surface area (Å²) in [6.07, 6.45) is 6.15. The highest BCUT2D eigenvalue weighted by molar-refractivity contribution is 5.91. The lowest BCUT2D eigenvalue weighted by molar-refractivity contribution is -0.0692. The quantitative estimate of drug-likeness (QED) is 0.149. The van der Waals surface area contributed by atoms with Gasteiger partial charge in [-0.1, -0.05) is 103 Å². The first kappa shape index (κ1) is 28.5. The number of carboxylic acid groups (broad SMARTS) is 1. The first-order valence-electron chi connectivity index (χ1n) is 16.2. The van der Waals surface area contributed by atoms with Crippen molar-refractivity contribution in [3.63, 3.8) is 0 Å². The van der Waals surface area contributed by atoms with Crippen molar-refractivity contribution in [1.82, 2.24) is 0 Å². The van der Waals surface area contributed by atoms with E-state index in [-0.39, 0.29) is 27.6 Å². The summed E-state index contributed by atoms with van der Waals surface area (Å²) in [6.45, 7) is 0. The molecule has 0 radical (unpaired) electrons. The van der Waals surface area contributed by atoms with Gasteiger partial charge in [0.15, 0.2) is 0 Å². The molecule has 5 aromatic carbocycles. The summed E-state index contributed by atoms with van der Waals surface area (Å²) in [7, 11) is 0. The SMILES string of the molecule is O=C(O)c1ccc(C23CC4(c5ccccc5)CC(c5ccccc5)(C2)CC(c2ccc(C(=O)Oc5ccccc5)cc2)(C4)C3)cc1. The number of para-hydroxylation sites is 1. The van der Waals surface area contributed by atoms with E-state index in [9.17, 15) is 14.7 Å². The van der Waals surface area contributed by atoms with Crippen molar-refractivity contribution in [2.75, 3.05) is 0 Å². The number of aromatic carboxylic acids is 1. The Bertz CT molecular complexity index is 1840. The monoisotopic (exact) mass is 604 g/mol. The zero-order valence-corrected chi connectivity index (χ0v) is 25.7. The first-order valence-corrected chi connectivity index (χ1v) is 16.2. The van der Waals surface area contributed by atoms with Crippen LogP contribution in [0, 0.1) is 0 Å². The van der Waals surface area contributed by atoms with E-state index < -0.39 is 5.97 Å². The number of carbonyl (C=O) groups excluding carboxylic acids is 1. The molecule has 46 heavy (non-hydrogen) atoms. The van der Waals surface area contributed by atoms with E-state index in [1.807, 2.05) is 30.3 Å². The van der Waals surface area contributed by atoms with Gasteiger partial charge in [-0.3, -0.25) is 0 Å². The zero-order valence-electron chi connectivity index (χ0n) is 25.7. The molecule has 0 heterocycles. The second kappa shape index (κ2) is 10.6. The number of benzene rings is 5. The van der Waals surface area contributed by atoms with Gasteiger partial charge in [0.25, 0.3) is 0 Å². The van der Waals surface area contributed by atoms with Crippen LogP contribution in [-0.2, 0) is 21.7 Å². The van der Waals surface area contributed by atoms with E-state index in [1.165, 1.54) is 22.3 Å². The van der Waals surface area contributed by atoms with Gasteiger partial charge in [0, 0.05) is 0 Å². The van der Waals surface area contributed by atoms with E-state index in [2.05, 4.69) is 84.9 Å². The normalized spacial score (nSPS) is 27.7. The van der Waals surface area contributed by atoms with Crippen molar-refractivity contribution in [3.05, 3.63) is 173 Å². The van der Waals surface area contributed by atoms with Gasteiger partial charge >= 0.3 is 11.9 Å². The van der Waals surface area contributed by atoms with Crippen LogP contribution in [0.5, 0.6) is 5.75 Å². The molecule has 0 aliphatic heterocycles. The van der Waals surface area contributed by atoms with Gasteiger partial charge in [0.2, 0.25) is 0 Å². The molecule has 5 aromatic rings. The van der Waals surface area contributed by atoms with Crippen LogP contribution in [0.3, 0.4) is 0 Å². The Morgan fingerprint density at radius 3 is 1.13 bits per heavy atom. The third-order valence-electron chi connectivity index (χ3n) is 11.3. The van der Waals surface area contributed by atoms with Gasteiger partial charge in [-0.15, -0.1) is 0 Å². The van der Waals surface area contributed by atoms with Crippen molar-refractivity contribution in [2.45, 2.75) is 60.2 Å². The molecule has 4 fully saturated rings. The molecule has 9 rings (SSSR count). The summed E-state index contributed by atoms with van der Waals surface area (Å²) in [5.41, 5.74) is 5.67. The van der Waals surface area contributed by atoms with Crippen molar-refractivity contribution in [1.29, 1.82) is 0 Å². The fraction of sp³-hybridized carbons (Fsp3) is 0.238. The molecule has 4 aliphatic carbocycles. The molecule has 228 valence electrons. The van der Waals surface area contributed by atoms with Crippen LogP contribution < -0.4 is 4.74 Å². The number of carbonyl (C=O) groups is 2. The second-order valence-corrected chi connectivity index (χ2v) is 14.1. The van der Waals surface area contributed by atoms with Crippen molar-refractivity contribution in [3.8, 4) is 5.75 Å². The second-order valence-electron chi connectivity index (χ2n) is 14.1. The lowest BCUT2D eigenvalue weighted by atomic mass is 9.32. The summed E-state index contributed by atoms with van der Waals surface area (Å²) in [4.78, 5) is 24.9. The summed E-state index contributed by atoms with van der Waals surface area (Å²) < 4.78 is 5.66. The van der Waals surface area contributed by atoms with E-state index >= 15 is 0 Å². The van der Waals surface area contributed by atoms with Crippen LogP contribution in [0.25, 0.3) is 0 Å². The lowest BCUT2D eigenvalue weighted by Crippen LogP contribution is -2.67. The minimum absolute atomic E-state index is 0.0672. The number of hydrogen-bond donors (Lipinski definition) is 1. The molecule has 4 aliphatic rings. The van der Waals surface area contributed by atoms with Gasteiger partial charge in [-0.25, -0.2) is 9.59 Å². The van der Waals surface area contributed by atoms with E-state index in [0.29, 0.717) is 16.9 Å². The molecule has 0 amide bonds. The molecule has 4 bridgehead atoms. The fourth-order valence-corrected chi connectivity index (χ4v) is 10.0. The highest BCUT2D eigenvalue weighted by Gasteiger charge is 2.69. The Kier molecular flexibility index (Phi) is 6.54. The average Bonchev–Trinajstić information content (AvgIpc) is 3.09. The Balaban J connectivity index is 1.28. The highest BCUT2D eigenvalue weighted by Crippen LogP contribution is 2.74. The Morgan fingerprint density at radius 2 is 0.761 bits per heavy atom. The minimum Gasteiger partial charge on any atom is -0.478 e. The average molecular weight is 605 g/mol. The molecule has 2 unspecified atom stereocenters. The number of esters is 1. The molecule has 4 saturated carbocycles. The number of rotatable bonds is 7. The molecular weight excluding hydrogens is 568 g/mol. The Morgan fingerprint density at radius 1 is 0.435 bits per heavy atom. The topological polar surface area (TPSA) is 63.6 Å². The predicted molar refractivity (Wildman–Crippen MR) is 179 cm³/mol. The van der Waals surface area contributed by atoms with Crippen LogP contribution in [0.15, 0.2) is 140 Å². The highest BCUT2D eigenvalue weighted by atomic mass is 16.5. The van der Waals surface area contributed by atoms with E-state index in [0.717, 1.165) is 38.5 Å². The molecule has 4 nitrogen and oxygen atoms in total. The standard InChI is InChI=1S/C42H36O4/c43-37(44)30-16-20-34(21-17-30)41-25-39(32-10-4-1-5-11-32)24-40(26-41,33-12-6-2-7-13-33)28-42(27-39,29-41)35-22-18-31(19-23-35)38(45)46-36-14-8-3-9-15-36/h1-23H,24-29H2,(H,43,44). The Labute approximate surface area is 269 Å². The maximum absolute atomic E-state index is 13.1. The van der Waals surface area contributed by atoms with Gasteiger partial charge in [0.1, 0.15) is 5.75 Å². The molecule has 1 N–H and O–H groups in total. The smallest absolute Gasteiger partial charge is 0.343 e. The third kappa shape index (κ3) is 4.58. The summed E-state index contributed by atoms with van der Waals surface area (Å²) in [5.74, 6) is -0.733. The lowest BCUT2D eigenvalue weighted by Gasteiger charge is -2.71. The van der Waals surface area contributed by atoms with Crippen LogP contribution in [0.1, 0.15) is 81.5 Å². The van der Waals surface area contributed by atoms with E-state index in [4.69, 9.17) is 4.74 Å². The van der Waals surface area contributed by atoms with Gasteiger partial charge < -0.3 is 9.84 Å². The molecule has 2 atom stereocenters. The van der Waals surface area contributed by atoms with Gasteiger partial charge in [-0.05, 0) is 119 Å². The third-order valence-corrected chi connectivity index (χ3v) is 11.3. The maximum atomic E-state index is 13.1. The number of ether oxygens (including phenoxy) is 1. The molecular formula is C42H36O4. The van der Waals surface area contributed by atoms with Crippen molar-refractivity contribution in [2.24, 2.45) is 0 Å². The number of hydrogen-bond acceptors (Lipinski definition) is 3. The first-order chi connectivity index (χ1) is 22.3. The maximum Gasteiger partial charge on any atom is 0.343 e. The van der Waals surface area contributed by atoms with Crippen LogP contribution >= 0.6 is 0 Å². The Hall–Kier alpha value is -4.96. The fourth-order valence-electron chi connectivity index (χ4n) is 10.0. The summed E-state index contributed by atoms with van der Waals surface area (Å²) in [5, 5.41) is 9.69. The van der Waals surface area contributed by atoms with Gasteiger partial charge in [-0.2, -0.15) is 0 Å². The largest absolute Gasteiger partial charge is 0.478 e. The molecule has 0 spiro atoms. The zero-order chi connectivity index (χ0) is 31.4. The number of carboxylic acids is 1. The minimum atomic E-state index is -0.902. The molecule has 0 aromatic heterocycles. The van der Waals surface area contributed by atoms with Gasteiger partial charge in [0.05, 0.1) is 11.1 Å². The van der Waals surface area contributed by atoms with Crippen molar-refractivity contribution < 1.29 is 19.4 Å².